The highest BCUT2D eigenvalue weighted by molar-refractivity contribution is 5.97. The van der Waals surface area contributed by atoms with Gasteiger partial charge in [-0.25, -0.2) is 9.67 Å². The molecule has 0 bridgehead atoms. The van der Waals surface area contributed by atoms with Gasteiger partial charge in [-0.2, -0.15) is 0 Å². The number of hydrogen-bond donors (Lipinski definition) is 1. The number of aromatic amines is 1. The molecule has 5 aromatic rings. The zero-order chi connectivity index (χ0) is 18.9. The molecular weight excluding hydrogens is 346 g/mol. The molecule has 4 heteroatoms. The normalized spacial score (nSPS) is 11.0. The lowest BCUT2D eigenvalue weighted by molar-refractivity contribution is 0.822. The van der Waals surface area contributed by atoms with Crippen molar-refractivity contribution >= 4 is 10.8 Å². The van der Waals surface area contributed by atoms with E-state index >= 15 is 0 Å². The van der Waals surface area contributed by atoms with E-state index in [9.17, 15) is 4.79 Å². The molecule has 0 saturated heterocycles. The van der Waals surface area contributed by atoms with E-state index in [-0.39, 0.29) is 5.56 Å². The molecule has 28 heavy (non-hydrogen) atoms. The molecule has 5 rings (SSSR count). The van der Waals surface area contributed by atoms with Gasteiger partial charge in [0.25, 0.3) is 5.56 Å². The molecule has 0 unspecified atom stereocenters. The predicted molar refractivity (Wildman–Crippen MR) is 113 cm³/mol. The van der Waals surface area contributed by atoms with Crippen molar-refractivity contribution in [2.75, 3.05) is 0 Å². The summed E-state index contributed by atoms with van der Waals surface area (Å²) >= 11 is 0. The van der Waals surface area contributed by atoms with E-state index in [0.717, 1.165) is 16.8 Å². The van der Waals surface area contributed by atoms with Gasteiger partial charge in [-0.05, 0) is 40.1 Å². The highest BCUT2D eigenvalue weighted by Gasteiger charge is 2.10. The minimum absolute atomic E-state index is 0.135. The SMILES string of the molecule is O=c1cc(-c2cccc(-c3cccc4ccccc34)c2)[nH]n1-c1ccccn1. The molecule has 0 amide bonds. The second kappa shape index (κ2) is 6.67. The second-order valence-electron chi connectivity index (χ2n) is 6.64. The van der Waals surface area contributed by atoms with Gasteiger partial charge in [0.2, 0.25) is 0 Å². The molecule has 1 N–H and O–H groups in total. The van der Waals surface area contributed by atoms with Crippen LogP contribution in [0.5, 0.6) is 0 Å². The van der Waals surface area contributed by atoms with Gasteiger partial charge in [-0.15, -0.1) is 0 Å². The fourth-order valence-corrected chi connectivity index (χ4v) is 3.53. The Bertz CT molecular complexity index is 1330. The van der Waals surface area contributed by atoms with Gasteiger partial charge in [0.1, 0.15) is 0 Å². The van der Waals surface area contributed by atoms with Crippen molar-refractivity contribution in [3.05, 3.63) is 108 Å². The van der Waals surface area contributed by atoms with E-state index in [0.29, 0.717) is 5.82 Å². The standard InChI is InChI=1S/C24H17N3O/c28-24-16-22(26-27(24)23-13-3-4-14-25-23)19-10-5-9-18(15-19)21-12-6-8-17-7-1-2-11-20(17)21/h1-16,26H. The molecule has 0 atom stereocenters. The average Bonchev–Trinajstić information content (AvgIpc) is 3.16. The minimum Gasteiger partial charge on any atom is -0.289 e. The third kappa shape index (κ3) is 2.81. The maximum atomic E-state index is 12.4. The maximum Gasteiger partial charge on any atom is 0.273 e. The van der Waals surface area contributed by atoms with Crippen LogP contribution in [0.1, 0.15) is 0 Å². The van der Waals surface area contributed by atoms with Crippen LogP contribution in [0, 0.1) is 0 Å². The van der Waals surface area contributed by atoms with E-state index in [1.165, 1.54) is 21.0 Å². The molecule has 2 heterocycles. The Morgan fingerprint density at radius 1 is 0.750 bits per heavy atom. The van der Waals surface area contributed by atoms with E-state index < -0.39 is 0 Å². The summed E-state index contributed by atoms with van der Waals surface area (Å²) in [6, 6.07) is 30.0. The molecule has 0 aliphatic rings. The maximum absolute atomic E-state index is 12.4. The number of H-pyrrole nitrogens is 1. The fraction of sp³-hybridized carbons (Fsp3) is 0. The number of rotatable bonds is 3. The number of nitrogens with zero attached hydrogens (tertiary/aromatic N) is 2. The monoisotopic (exact) mass is 363 g/mol. The molecule has 0 aliphatic carbocycles. The quantitative estimate of drug-likeness (QED) is 0.488. The fourth-order valence-electron chi connectivity index (χ4n) is 3.53. The van der Waals surface area contributed by atoms with Gasteiger partial charge < -0.3 is 0 Å². The molecule has 0 spiro atoms. The summed E-state index contributed by atoms with van der Waals surface area (Å²) < 4.78 is 1.46. The van der Waals surface area contributed by atoms with Crippen molar-refractivity contribution in [3.8, 4) is 28.2 Å². The minimum atomic E-state index is -0.135. The first-order valence-corrected chi connectivity index (χ1v) is 9.12. The summed E-state index contributed by atoms with van der Waals surface area (Å²) in [4.78, 5) is 16.7. The van der Waals surface area contributed by atoms with Crippen molar-refractivity contribution in [3.63, 3.8) is 0 Å². The topological polar surface area (TPSA) is 50.7 Å². The van der Waals surface area contributed by atoms with Crippen LogP contribution < -0.4 is 5.56 Å². The smallest absolute Gasteiger partial charge is 0.273 e. The zero-order valence-electron chi connectivity index (χ0n) is 15.0. The molecule has 4 nitrogen and oxygen atoms in total. The number of pyridine rings is 1. The second-order valence-corrected chi connectivity index (χ2v) is 6.64. The Morgan fingerprint density at radius 3 is 2.43 bits per heavy atom. The summed E-state index contributed by atoms with van der Waals surface area (Å²) in [7, 11) is 0. The third-order valence-electron chi connectivity index (χ3n) is 4.87. The number of nitrogens with one attached hydrogen (secondary N) is 1. The van der Waals surface area contributed by atoms with Crippen LogP contribution in [-0.2, 0) is 0 Å². The van der Waals surface area contributed by atoms with E-state index in [1.54, 1.807) is 18.3 Å². The molecule has 0 aliphatic heterocycles. The summed E-state index contributed by atoms with van der Waals surface area (Å²) in [5, 5.41) is 5.59. The zero-order valence-corrected chi connectivity index (χ0v) is 15.0. The van der Waals surface area contributed by atoms with Crippen LogP contribution >= 0.6 is 0 Å². The summed E-state index contributed by atoms with van der Waals surface area (Å²) in [5.74, 6) is 0.573. The van der Waals surface area contributed by atoms with Gasteiger partial charge in [-0.3, -0.25) is 9.89 Å². The van der Waals surface area contributed by atoms with Crippen LogP contribution in [0.15, 0.2) is 102 Å². The van der Waals surface area contributed by atoms with Gasteiger partial charge >= 0.3 is 0 Å². The number of fused-ring (bicyclic) bond motifs is 1. The highest BCUT2D eigenvalue weighted by Crippen LogP contribution is 2.30. The van der Waals surface area contributed by atoms with E-state index in [4.69, 9.17) is 0 Å². The first kappa shape index (κ1) is 16.3. The van der Waals surface area contributed by atoms with Crippen LogP contribution in [0.4, 0.5) is 0 Å². The molecule has 0 saturated carbocycles. The van der Waals surface area contributed by atoms with Gasteiger partial charge in [-0.1, -0.05) is 66.7 Å². The van der Waals surface area contributed by atoms with Gasteiger partial charge in [0.05, 0.1) is 5.69 Å². The first-order valence-electron chi connectivity index (χ1n) is 9.12. The number of hydrogen-bond acceptors (Lipinski definition) is 2. The van der Waals surface area contributed by atoms with E-state index in [1.807, 2.05) is 30.3 Å². The molecule has 134 valence electrons. The lowest BCUT2D eigenvalue weighted by atomic mass is 9.96. The Morgan fingerprint density at radius 2 is 1.54 bits per heavy atom. The van der Waals surface area contributed by atoms with Crippen LogP contribution in [0.3, 0.4) is 0 Å². The third-order valence-corrected chi connectivity index (χ3v) is 4.87. The van der Waals surface area contributed by atoms with Gasteiger partial charge in [0.15, 0.2) is 5.82 Å². The highest BCUT2D eigenvalue weighted by atomic mass is 16.1. The van der Waals surface area contributed by atoms with Crippen LogP contribution in [0.2, 0.25) is 0 Å². The Labute approximate surface area is 161 Å². The van der Waals surface area contributed by atoms with Crippen molar-refractivity contribution in [2.24, 2.45) is 0 Å². The lowest BCUT2D eigenvalue weighted by Crippen LogP contribution is -2.14. The largest absolute Gasteiger partial charge is 0.289 e. The van der Waals surface area contributed by atoms with Crippen molar-refractivity contribution in [1.29, 1.82) is 0 Å². The molecule has 0 radical (unpaired) electrons. The van der Waals surface area contributed by atoms with Crippen molar-refractivity contribution in [1.82, 2.24) is 14.8 Å². The number of aromatic nitrogens is 3. The summed E-state index contributed by atoms with van der Waals surface area (Å²) in [6.07, 6.45) is 1.67. The van der Waals surface area contributed by atoms with Gasteiger partial charge in [0, 0.05) is 17.8 Å². The Balaban J connectivity index is 1.61. The van der Waals surface area contributed by atoms with Crippen LogP contribution in [0.25, 0.3) is 39.0 Å². The van der Waals surface area contributed by atoms with Crippen LogP contribution in [-0.4, -0.2) is 14.8 Å². The Hall–Kier alpha value is -3.92. The predicted octanol–water partition coefficient (Wildman–Crippen LogP) is 5.05. The lowest BCUT2D eigenvalue weighted by Gasteiger charge is -2.08. The Kier molecular flexibility index (Phi) is 3.87. The summed E-state index contributed by atoms with van der Waals surface area (Å²) in [5.41, 5.74) is 3.87. The molecule has 0 fully saturated rings. The van der Waals surface area contributed by atoms with E-state index in [2.05, 4.69) is 58.6 Å². The van der Waals surface area contributed by atoms with Crippen molar-refractivity contribution < 1.29 is 0 Å². The first-order chi connectivity index (χ1) is 13.8. The van der Waals surface area contributed by atoms with Crippen molar-refractivity contribution in [2.45, 2.75) is 0 Å². The molecule has 3 aromatic carbocycles. The molecular formula is C24H17N3O. The average molecular weight is 363 g/mol. The molecule has 2 aromatic heterocycles. The number of benzene rings is 3. The summed E-state index contributed by atoms with van der Waals surface area (Å²) in [6.45, 7) is 0.